The van der Waals surface area contributed by atoms with Crippen molar-refractivity contribution in [2.24, 2.45) is 5.92 Å². The highest BCUT2D eigenvalue weighted by Crippen LogP contribution is 2.50. The maximum absolute atomic E-state index is 11.6. The molecule has 0 aromatic heterocycles. The summed E-state index contributed by atoms with van der Waals surface area (Å²) in [6.07, 6.45) is 1.67. The summed E-state index contributed by atoms with van der Waals surface area (Å²) in [4.78, 5) is 23.2. The van der Waals surface area contributed by atoms with Gasteiger partial charge in [-0.15, -0.1) is 0 Å². The number of amides is 2. The van der Waals surface area contributed by atoms with Gasteiger partial charge in [-0.05, 0) is 37.9 Å². The molecule has 3 nitrogen and oxygen atoms in total. The van der Waals surface area contributed by atoms with Gasteiger partial charge in [0.15, 0.2) is 0 Å². The van der Waals surface area contributed by atoms with E-state index in [1.54, 1.807) is 6.08 Å². The fourth-order valence-electron chi connectivity index (χ4n) is 1.54. The predicted octanol–water partition coefficient (Wildman–Crippen LogP) is 2.69. The van der Waals surface area contributed by atoms with Gasteiger partial charge in [-0.2, -0.15) is 0 Å². The Kier molecular flexibility index (Phi) is 3.03. The van der Waals surface area contributed by atoms with Crippen molar-refractivity contribution in [2.45, 2.75) is 4.32 Å². The highest BCUT2D eigenvalue weighted by Gasteiger charge is 2.56. The van der Waals surface area contributed by atoms with Crippen molar-refractivity contribution < 1.29 is 9.59 Å². The fraction of sp³-hybridized carbons (Fsp3) is 0.250. The molecule has 0 bridgehead atoms. The monoisotopic (exact) mass is 461 g/mol. The van der Waals surface area contributed by atoms with E-state index in [1.165, 1.54) is 0 Å². The van der Waals surface area contributed by atoms with Crippen LogP contribution < -0.4 is 5.32 Å². The lowest BCUT2D eigenvalue weighted by Gasteiger charge is -2.26. The number of hydrogen-bond donors (Lipinski definition) is 1. The highest BCUT2D eigenvalue weighted by molar-refractivity contribution is 9.16. The normalized spacial score (nSPS) is 35.2. The third kappa shape index (κ3) is 1.62. The molecule has 2 rings (SSSR count). The molecular formula is C8H3Br4NO2. The van der Waals surface area contributed by atoms with Gasteiger partial charge in [0.1, 0.15) is 4.32 Å². The van der Waals surface area contributed by atoms with Gasteiger partial charge in [-0.3, -0.25) is 14.9 Å². The summed E-state index contributed by atoms with van der Waals surface area (Å²) in [6, 6.07) is 0. The van der Waals surface area contributed by atoms with E-state index in [1.807, 2.05) is 0 Å². The number of fused-ring (bicyclic) bond motifs is 1. The predicted molar refractivity (Wildman–Crippen MR) is 70.2 cm³/mol. The molecule has 7 heteroatoms. The van der Waals surface area contributed by atoms with Crippen molar-refractivity contribution in [2.75, 3.05) is 0 Å². The summed E-state index contributed by atoms with van der Waals surface area (Å²) in [6.45, 7) is 0. The van der Waals surface area contributed by atoms with Gasteiger partial charge in [0.05, 0.1) is 5.92 Å². The largest absolute Gasteiger partial charge is 0.294 e. The average molecular weight is 465 g/mol. The van der Waals surface area contributed by atoms with Crippen molar-refractivity contribution in [3.63, 3.8) is 0 Å². The molecule has 0 aromatic carbocycles. The van der Waals surface area contributed by atoms with Crippen molar-refractivity contribution in [3.8, 4) is 0 Å². The van der Waals surface area contributed by atoms with Gasteiger partial charge in [0.2, 0.25) is 11.8 Å². The zero-order valence-electron chi connectivity index (χ0n) is 6.98. The van der Waals surface area contributed by atoms with Crippen molar-refractivity contribution >= 4 is 75.5 Å². The topological polar surface area (TPSA) is 46.2 Å². The van der Waals surface area contributed by atoms with Crippen LogP contribution in [-0.4, -0.2) is 16.1 Å². The Morgan fingerprint density at radius 2 is 1.87 bits per heavy atom. The number of allylic oxidation sites excluding steroid dienone is 2. The zero-order chi connectivity index (χ0) is 11.4. The van der Waals surface area contributed by atoms with E-state index in [2.05, 4.69) is 69.0 Å². The fourth-order valence-corrected chi connectivity index (χ4v) is 4.88. The first-order valence-corrected chi connectivity index (χ1v) is 7.03. The molecule has 1 fully saturated rings. The summed E-state index contributed by atoms with van der Waals surface area (Å²) in [5.74, 6) is -1.20. The molecule has 0 spiro atoms. The summed E-state index contributed by atoms with van der Waals surface area (Å²) < 4.78 is 1.14. The van der Waals surface area contributed by atoms with Gasteiger partial charge in [0, 0.05) is 13.4 Å². The Hall–Kier alpha value is 0.540. The Labute approximate surface area is 119 Å². The molecule has 1 N–H and O–H groups in total. The lowest BCUT2D eigenvalue weighted by molar-refractivity contribution is -0.125. The van der Waals surface area contributed by atoms with Crippen LogP contribution in [0.15, 0.2) is 19.5 Å². The first-order chi connectivity index (χ1) is 6.88. The first-order valence-electron chi connectivity index (χ1n) is 3.86. The minimum atomic E-state index is -0.987. The van der Waals surface area contributed by atoms with Crippen LogP contribution in [0.2, 0.25) is 0 Å². The summed E-state index contributed by atoms with van der Waals surface area (Å²) in [5.41, 5.74) is 0. The summed E-state index contributed by atoms with van der Waals surface area (Å²) in [5, 5.41) is 2.30. The zero-order valence-corrected chi connectivity index (χ0v) is 13.3. The van der Waals surface area contributed by atoms with Gasteiger partial charge >= 0.3 is 0 Å². The van der Waals surface area contributed by atoms with Crippen molar-refractivity contribution in [1.29, 1.82) is 0 Å². The van der Waals surface area contributed by atoms with E-state index < -0.39 is 10.2 Å². The number of rotatable bonds is 0. The molecule has 0 radical (unpaired) electrons. The van der Waals surface area contributed by atoms with Crippen molar-refractivity contribution in [1.82, 2.24) is 5.32 Å². The SMILES string of the molecule is O=C1NC(=O)C2(Br)C=C(Br)C(Br)=C(Br)C12. The van der Waals surface area contributed by atoms with Crippen LogP contribution in [0, 0.1) is 5.92 Å². The van der Waals surface area contributed by atoms with Crippen LogP contribution in [0.5, 0.6) is 0 Å². The van der Waals surface area contributed by atoms with E-state index in [0.717, 1.165) is 8.96 Å². The van der Waals surface area contributed by atoms with Gasteiger partial charge in [0.25, 0.3) is 0 Å². The second kappa shape index (κ2) is 3.78. The minimum Gasteiger partial charge on any atom is -0.294 e. The van der Waals surface area contributed by atoms with E-state index >= 15 is 0 Å². The summed E-state index contributed by atoms with van der Waals surface area (Å²) in [7, 11) is 0. The van der Waals surface area contributed by atoms with Gasteiger partial charge in [-0.25, -0.2) is 0 Å². The Morgan fingerprint density at radius 1 is 1.27 bits per heavy atom. The molecule has 2 atom stereocenters. The standard InChI is InChI=1S/C8H3Br4NO2/c9-2-1-8(12)3(5(11)4(2)10)6(14)13-7(8)15/h1,3H,(H,13,14,15). The first kappa shape index (κ1) is 12.0. The number of alkyl halides is 1. The molecule has 80 valence electrons. The molecule has 15 heavy (non-hydrogen) atoms. The molecule has 2 amide bonds. The molecule has 1 heterocycles. The van der Waals surface area contributed by atoms with Crippen LogP contribution >= 0.6 is 63.7 Å². The summed E-state index contributed by atoms with van der Waals surface area (Å²) >= 11 is 13.3. The second-order valence-corrected chi connectivity index (χ2v) is 6.99. The van der Waals surface area contributed by atoms with Crippen LogP contribution in [-0.2, 0) is 9.59 Å². The minimum absolute atomic E-state index is 0.308. The molecular weight excluding hydrogens is 462 g/mol. The molecule has 2 unspecified atom stereocenters. The van der Waals surface area contributed by atoms with Crippen LogP contribution in [0.4, 0.5) is 0 Å². The number of carbonyl (C=O) groups excluding carboxylic acids is 2. The Bertz CT molecular complexity index is 442. The van der Waals surface area contributed by atoms with Crippen LogP contribution in [0.3, 0.4) is 0 Å². The third-order valence-corrected chi connectivity index (χ3v) is 6.72. The number of nitrogens with one attached hydrogen (secondary N) is 1. The second-order valence-electron chi connectivity index (χ2n) is 3.17. The third-order valence-electron chi connectivity index (χ3n) is 2.28. The Balaban J connectivity index is 2.63. The van der Waals surface area contributed by atoms with Crippen LogP contribution in [0.1, 0.15) is 0 Å². The molecule has 1 saturated heterocycles. The van der Waals surface area contributed by atoms with Gasteiger partial charge in [-0.1, -0.05) is 31.9 Å². The maximum Gasteiger partial charge on any atom is 0.248 e. The van der Waals surface area contributed by atoms with E-state index in [4.69, 9.17) is 0 Å². The number of imide groups is 1. The molecule has 1 aliphatic carbocycles. The van der Waals surface area contributed by atoms with E-state index in [9.17, 15) is 9.59 Å². The van der Waals surface area contributed by atoms with Crippen molar-refractivity contribution in [3.05, 3.63) is 19.5 Å². The molecule has 1 aliphatic heterocycles. The van der Waals surface area contributed by atoms with E-state index in [-0.39, 0.29) is 11.8 Å². The molecule has 0 saturated carbocycles. The Morgan fingerprint density at radius 3 is 2.47 bits per heavy atom. The average Bonchev–Trinajstić information content (AvgIpc) is 2.34. The van der Waals surface area contributed by atoms with E-state index in [0.29, 0.717) is 4.48 Å². The number of halogens is 4. The lowest BCUT2D eigenvalue weighted by Crippen LogP contribution is -2.36. The number of carbonyl (C=O) groups is 2. The molecule has 0 aromatic rings. The van der Waals surface area contributed by atoms with Gasteiger partial charge < -0.3 is 0 Å². The quantitative estimate of drug-likeness (QED) is 0.443. The smallest absolute Gasteiger partial charge is 0.248 e. The lowest BCUT2D eigenvalue weighted by atomic mass is 9.90. The maximum atomic E-state index is 11.6. The highest BCUT2D eigenvalue weighted by atomic mass is 79.9. The van der Waals surface area contributed by atoms with Crippen LogP contribution in [0.25, 0.3) is 0 Å². The number of hydrogen-bond acceptors (Lipinski definition) is 2. The molecule has 2 aliphatic rings.